The summed E-state index contributed by atoms with van der Waals surface area (Å²) in [5, 5.41) is 23.8. The molecular weight excluding hydrogens is 304 g/mol. The molecule has 2 heterocycles. The normalized spacial score (nSPS) is 12.4. The van der Waals surface area contributed by atoms with Crippen molar-refractivity contribution in [2.24, 2.45) is 7.05 Å². The molecule has 0 bridgehead atoms. The maximum atomic E-state index is 10.2. The summed E-state index contributed by atoms with van der Waals surface area (Å²) < 4.78 is 2.28. The number of thiazole rings is 1. The third-order valence-corrected chi connectivity index (χ3v) is 3.95. The van der Waals surface area contributed by atoms with Crippen LogP contribution in [0.4, 0.5) is 0 Å². The summed E-state index contributed by atoms with van der Waals surface area (Å²) in [5.41, 5.74) is 1.39. The number of nitrogens with zero attached hydrogens (tertiary/aromatic N) is 4. The highest BCUT2D eigenvalue weighted by Gasteiger charge is 2.21. The first-order chi connectivity index (χ1) is 8.02. The zero-order valence-electron chi connectivity index (χ0n) is 9.18. The Balaban J connectivity index is 2.43. The Hall–Kier alpha value is -1.23. The van der Waals surface area contributed by atoms with Gasteiger partial charge in [-0.2, -0.15) is 10.4 Å². The summed E-state index contributed by atoms with van der Waals surface area (Å²) in [5.74, 6) is 0. The number of hydrogen-bond donors (Lipinski definition) is 1. The molecule has 2 aromatic rings. The van der Waals surface area contributed by atoms with E-state index in [0.717, 1.165) is 8.79 Å². The molecule has 7 heteroatoms. The molecule has 1 unspecified atom stereocenters. The second-order valence-electron chi connectivity index (χ2n) is 3.48. The van der Waals surface area contributed by atoms with E-state index in [1.807, 2.05) is 13.0 Å². The van der Waals surface area contributed by atoms with Crippen molar-refractivity contribution in [1.82, 2.24) is 14.8 Å². The van der Waals surface area contributed by atoms with Crippen molar-refractivity contribution in [3.63, 3.8) is 0 Å². The molecule has 5 nitrogen and oxygen atoms in total. The number of aliphatic hydroxyl groups is 1. The van der Waals surface area contributed by atoms with Gasteiger partial charge in [0.1, 0.15) is 17.9 Å². The van der Waals surface area contributed by atoms with Crippen LogP contribution in [-0.4, -0.2) is 19.9 Å². The average molecular weight is 313 g/mol. The molecule has 0 aliphatic heterocycles. The van der Waals surface area contributed by atoms with E-state index in [4.69, 9.17) is 5.26 Å². The van der Waals surface area contributed by atoms with Gasteiger partial charge in [0.05, 0.1) is 14.5 Å². The van der Waals surface area contributed by atoms with Crippen molar-refractivity contribution in [2.45, 2.75) is 13.0 Å². The van der Waals surface area contributed by atoms with Crippen LogP contribution >= 0.6 is 27.3 Å². The van der Waals surface area contributed by atoms with Gasteiger partial charge >= 0.3 is 0 Å². The van der Waals surface area contributed by atoms with Crippen molar-refractivity contribution in [3.8, 4) is 6.07 Å². The predicted octanol–water partition coefficient (Wildman–Crippen LogP) is 1.90. The largest absolute Gasteiger partial charge is 0.380 e. The van der Waals surface area contributed by atoms with Crippen LogP contribution in [0.25, 0.3) is 0 Å². The zero-order chi connectivity index (χ0) is 12.6. The summed E-state index contributed by atoms with van der Waals surface area (Å²) in [4.78, 5) is 4.26. The van der Waals surface area contributed by atoms with Crippen LogP contribution in [0.1, 0.15) is 28.2 Å². The van der Waals surface area contributed by atoms with Gasteiger partial charge in [-0.05, 0) is 22.9 Å². The topological polar surface area (TPSA) is 74.7 Å². The first-order valence-electron chi connectivity index (χ1n) is 4.78. The molecule has 0 saturated carbocycles. The van der Waals surface area contributed by atoms with E-state index in [-0.39, 0.29) is 5.69 Å². The fraction of sp³-hybridized carbons (Fsp3) is 0.300. The van der Waals surface area contributed by atoms with E-state index in [2.05, 4.69) is 26.0 Å². The highest BCUT2D eigenvalue weighted by molar-refractivity contribution is 9.11. The third kappa shape index (κ3) is 2.24. The lowest BCUT2D eigenvalue weighted by molar-refractivity contribution is 0.205. The number of aliphatic hydroxyl groups excluding tert-OH is 1. The lowest BCUT2D eigenvalue weighted by Gasteiger charge is -2.08. The molecule has 0 aliphatic rings. The van der Waals surface area contributed by atoms with Gasteiger partial charge in [0.15, 0.2) is 5.69 Å². The van der Waals surface area contributed by atoms with E-state index < -0.39 is 6.10 Å². The van der Waals surface area contributed by atoms with Gasteiger partial charge in [-0.1, -0.05) is 0 Å². The van der Waals surface area contributed by atoms with Crippen LogP contribution in [0, 0.1) is 18.3 Å². The lowest BCUT2D eigenvalue weighted by Crippen LogP contribution is -2.07. The van der Waals surface area contributed by atoms with Crippen molar-refractivity contribution < 1.29 is 5.11 Å². The minimum atomic E-state index is -0.881. The van der Waals surface area contributed by atoms with Crippen LogP contribution in [0.3, 0.4) is 0 Å². The molecule has 0 aromatic carbocycles. The number of hydrogen-bond acceptors (Lipinski definition) is 5. The Bertz CT molecular complexity index is 598. The minimum Gasteiger partial charge on any atom is -0.380 e. The van der Waals surface area contributed by atoms with E-state index in [1.165, 1.54) is 16.0 Å². The van der Waals surface area contributed by atoms with Gasteiger partial charge in [0.25, 0.3) is 0 Å². The fourth-order valence-electron chi connectivity index (χ4n) is 1.52. The number of aryl methyl sites for hydroxylation is 2. The van der Waals surface area contributed by atoms with Crippen LogP contribution in [0.15, 0.2) is 9.85 Å². The van der Waals surface area contributed by atoms with E-state index in [0.29, 0.717) is 11.4 Å². The maximum absolute atomic E-state index is 10.2. The highest BCUT2D eigenvalue weighted by atomic mass is 79.9. The fourth-order valence-corrected chi connectivity index (χ4v) is 3.19. The first kappa shape index (κ1) is 12.2. The van der Waals surface area contributed by atoms with Gasteiger partial charge in [0.2, 0.25) is 0 Å². The van der Waals surface area contributed by atoms with Crippen LogP contribution in [0.2, 0.25) is 0 Å². The molecule has 88 valence electrons. The summed E-state index contributed by atoms with van der Waals surface area (Å²) in [6, 6.07) is 3.50. The van der Waals surface area contributed by atoms with Crippen molar-refractivity contribution in [3.05, 3.63) is 31.9 Å². The Kier molecular flexibility index (Phi) is 3.28. The quantitative estimate of drug-likeness (QED) is 0.919. The average Bonchev–Trinajstić information content (AvgIpc) is 2.81. The van der Waals surface area contributed by atoms with Crippen molar-refractivity contribution in [1.29, 1.82) is 5.26 Å². The van der Waals surface area contributed by atoms with Gasteiger partial charge in [0, 0.05) is 13.1 Å². The SMILES string of the molecule is Cc1nc(C(O)c2cc(C#N)nn2C)c(Br)s1. The molecule has 17 heavy (non-hydrogen) atoms. The number of aromatic nitrogens is 3. The molecule has 1 atom stereocenters. The van der Waals surface area contributed by atoms with Gasteiger partial charge < -0.3 is 5.11 Å². The number of nitriles is 1. The highest BCUT2D eigenvalue weighted by Crippen LogP contribution is 2.32. The van der Waals surface area contributed by atoms with Gasteiger partial charge in [-0.15, -0.1) is 11.3 Å². The molecule has 1 N–H and O–H groups in total. The second kappa shape index (κ2) is 4.56. The monoisotopic (exact) mass is 312 g/mol. The molecule has 0 saturated heterocycles. The van der Waals surface area contributed by atoms with E-state index in [1.54, 1.807) is 13.1 Å². The molecule has 0 aliphatic carbocycles. The molecule has 2 aromatic heterocycles. The first-order valence-corrected chi connectivity index (χ1v) is 6.38. The maximum Gasteiger partial charge on any atom is 0.162 e. The van der Waals surface area contributed by atoms with Crippen LogP contribution < -0.4 is 0 Å². The minimum absolute atomic E-state index is 0.282. The summed E-state index contributed by atoms with van der Waals surface area (Å²) in [7, 11) is 1.69. The van der Waals surface area contributed by atoms with Gasteiger partial charge in [-0.3, -0.25) is 4.68 Å². The Morgan fingerprint density at radius 2 is 2.35 bits per heavy atom. The van der Waals surface area contributed by atoms with Crippen LogP contribution in [-0.2, 0) is 7.05 Å². The van der Waals surface area contributed by atoms with Crippen molar-refractivity contribution in [2.75, 3.05) is 0 Å². The van der Waals surface area contributed by atoms with E-state index >= 15 is 0 Å². The number of halogens is 1. The Morgan fingerprint density at radius 1 is 1.65 bits per heavy atom. The zero-order valence-corrected chi connectivity index (χ0v) is 11.6. The Labute approximate surface area is 110 Å². The summed E-state index contributed by atoms with van der Waals surface area (Å²) in [6.07, 6.45) is -0.881. The van der Waals surface area contributed by atoms with Crippen LogP contribution in [0.5, 0.6) is 0 Å². The molecule has 0 radical (unpaired) electrons. The number of rotatable bonds is 2. The smallest absolute Gasteiger partial charge is 0.162 e. The summed E-state index contributed by atoms with van der Waals surface area (Å²) >= 11 is 4.83. The van der Waals surface area contributed by atoms with Gasteiger partial charge in [-0.25, -0.2) is 4.98 Å². The molecule has 0 spiro atoms. The molecular formula is C10H9BrN4OS. The second-order valence-corrected chi connectivity index (χ2v) is 6.01. The molecule has 2 rings (SSSR count). The van der Waals surface area contributed by atoms with E-state index in [9.17, 15) is 5.11 Å². The van der Waals surface area contributed by atoms with Crippen molar-refractivity contribution >= 4 is 27.3 Å². The Morgan fingerprint density at radius 3 is 2.82 bits per heavy atom. The lowest BCUT2D eigenvalue weighted by atomic mass is 10.2. The standard InChI is InChI=1S/C10H9BrN4OS/c1-5-13-8(10(11)17-5)9(16)7-3-6(4-12)14-15(7)2/h3,9,16H,1-2H3. The molecule has 0 fully saturated rings. The predicted molar refractivity (Wildman–Crippen MR) is 66.5 cm³/mol. The molecule has 0 amide bonds. The third-order valence-electron chi connectivity index (χ3n) is 2.29. The summed E-state index contributed by atoms with van der Waals surface area (Å²) in [6.45, 7) is 1.87.